The van der Waals surface area contributed by atoms with Gasteiger partial charge in [0, 0.05) is 12.6 Å². The van der Waals surface area contributed by atoms with Crippen LogP contribution in [0.1, 0.15) is 19.8 Å². The zero-order valence-corrected chi connectivity index (χ0v) is 11.0. The first-order chi connectivity index (χ1) is 9.00. The Labute approximate surface area is 111 Å². The highest BCUT2D eigenvalue weighted by atomic mass is 16.6. The van der Waals surface area contributed by atoms with Crippen LogP contribution in [-0.2, 0) is 0 Å². The van der Waals surface area contributed by atoms with Gasteiger partial charge in [0.2, 0.25) is 5.82 Å². The van der Waals surface area contributed by atoms with Crippen LogP contribution in [0.5, 0.6) is 0 Å². The highest BCUT2D eigenvalue weighted by molar-refractivity contribution is 5.57. The quantitative estimate of drug-likeness (QED) is 0.561. The second kappa shape index (κ2) is 5.40. The number of nitrogen functional groups attached to an aromatic ring is 1. The molecule has 1 aromatic heterocycles. The van der Waals surface area contributed by atoms with E-state index in [9.17, 15) is 10.1 Å². The van der Waals surface area contributed by atoms with E-state index in [1.54, 1.807) is 6.07 Å². The van der Waals surface area contributed by atoms with Gasteiger partial charge < -0.3 is 16.4 Å². The van der Waals surface area contributed by atoms with E-state index < -0.39 is 4.92 Å². The van der Waals surface area contributed by atoms with Crippen molar-refractivity contribution in [3.63, 3.8) is 0 Å². The number of nitrogens with two attached hydrogens (primary N) is 1. The van der Waals surface area contributed by atoms with E-state index in [0.717, 1.165) is 32.5 Å². The molecule has 1 aromatic rings. The van der Waals surface area contributed by atoms with Gasteiger partial charge in [-0.2, -0.15) is 0 Å². The van der Waals surface area contributed by atoms with E-state index in [1.165, 1.54) is 6.07 Å². The van der Waals surface area contributed by atoms with E-state index in [2.05, 4.69) is 22.5 Å². The number of rotatable bonds is 4. The topological polar surface area (TPSA) is 106 Å². The predicted octanol–water partition coefficient (Wildman–Crippen LogP) is 1.37. The van der Waals surface area contributed by atoms with Crippen LogP contribution in [0.2, 0.25) is 0 Å². The van der Waals surface area contributed by atoms with Gasteiger partial charge >= 0.3 is 5.69 Å². The van der Waals surface area contributed by atoms with Crippen molar-refractivity contribution in [2.24, 2.45) is 5.41 Å². The molecule has 2 rings (SSSR count). The maximum atomic E-state index is 10.6. The zero-order chi connectivity index (χ0) is 13.9. The molecule has 0 spiro atoms. The predicted molar refractivity (Wildman–Crippen MR) is 74.0 cm³/mol. The minimum absolute atomic E-state index is 0.0505. The van der Waals surface area contributed by atoms with Gasteiger partial charge in [0.25, 0.3) is 0 Å². The van der Waals surface area contributed by atoms with E-state index in [-0.39, 0.29) is 16.9 Å². The van der Waals surface area contributed by atoms with Gasteiger partial charge in [0.1, 0.15) is 5.82 Å². The number of nitrogens with zero attached hydrogens (tertiary/aromatic N) is 2. The van der Waals surface area contributed by atoms with Gasteiger partial charge in [-0.05, 0) is 37.4 Å². The van der Waals surface area contributed by atoms with Crippen molar-refractivity contribution in [2.45, 2.75) is 19.8 Å². The van der Waals surface area contributed by atoms with Gasteiger partial charge in [-0.3, -0.25) is 10.1 Å². The molecule has 0 amide bonds. The summed E-state index contributed by atoms with van der Waals surface area (Å²) in [4.78, 5) is 14.1. The molecule has 1 fully saturated rings. The van der Waals surface area contributed by atoms with E-state index >= 15 is 0 Å². The molecule has 0 radical (unpaired) electrons. The van der Waals surface area contributed by atoms with Crippen LogP contribution in [0.25, 0.3) is 0 Å². The van der Waals surface area contributed by atoms with Crippen LogP contribution < -0.4 is 16.4 Å². The molecule has 0 atom stereocenters. The molecule has 0 unspecified atom stereocenters. The molecular formula is C12H19N5O2. The molecule has 1 saturated heterocycles. The largest absolute Gasteiger partial charge is 0.378 e. The lowest BCUT2D eigenvalue weighted by molar-refractivity contribution is -0.384. The fourth-order valence-electron chi connectivity index (χ4n) is 2.23. The third kappa shape index (κ3) is 3.31. The van der Waals surface area contributed by atoms with E-state index in [4.69, 9.17) is 5.73 Å². The molecular weight excluding hydrogens is 246 g/mol. The summed E-state index contributed by atoms with van der Waals surface area (Å²) in [5, 5.41) is 17.2. The summed E-state index contributed by atoms with van der Waals surface area (Å²) in [6, 6.07) is 2.98. The Balaban J connectivity index is 2.00. The summed E-state index contributed by atoms with van der Waals surface area (Å²) in [7, 11) is 0. The lowest BCUT2D eigenvalue weighted by Gasteiger charge is -2.34. The van der Waals surface area contributed by atoms with Crippen LogP contribution in [0.15, 0.2) is 12.1 Å². The minimum Gasteiger partial charge on any atom is -0.378 e. The Hall–Kier alpha value is -1.89. The van der Waals surface area contributed by atoms with E-state index in [1.807, 2.05) is 0 Å². The summed E-state index contributed by atoms with van der Waals surface area (Å²) < 4.78 is 0. The van der Waals surface area contributed by atoms with Gasteiger partial charge in [-0.25, -0.2) is 4.98 Å². The van der Waals surface area contributed by atoms with Gasteiger partial charge in [-0.15, -0.1) is 0 Å². The third-order valence-electron chi connectivity index (χ3n) is 3.61. The first-order valence-corrected chi connectivity index (χ1v) is 6.36. The monoisotopic (exact) mass is 265 g/mol. The minimum atomic E-state index is -0.528. The highest BCUT2D eigenvalue weighted by Crippen LogP contribution is 2.28. The first-order valence-electron chi connectivity index (χ1n) is 6.36. The number of nitro groups is 1. The molecule has 104 valence electrons. The van der Waals surface area contributed by atoms with Gasteiger partial charge in [-0.1, -0.05) is 6.92 Å². The number of piperidine rings is 1. The fraction of sp³-hybridized carbons (Fsp3) is 0.583. The summed E-state index contributed by atoms with van der Waals surface area (Å²) in [5.74, 6) is 0.535. The lowest BCUT2D eigenvalue weighted by Crippen LogP contribution is -2.39. The number of hydrogen-bond acceptors (Lipinski definition) is 6. The second-order valence-corrected chi connectivity index (χ2v) is 5.27. The number of aromatic nitrogens is 1. The molecule has 19 heavy (non-hydrogen) atoms. The highest BCUT2D eigenvalue weighted by Gasteiger charge is 2.26. The van der Waals surface area contributed by atoms with Crippen LogP contribution >= 0.6 is 0 Å². The van der Waals surface area contributed by atoms with Crippen LogP contribution in [0, 0.1) is 15.5 Å². The molecule has 1 aliphatic rings. The Bertz CT molecular complexity index is 471. The Morgan fingerprint density at radius 2 is 2.21 bits per heavy atom. The van der Waals surface area contributed by atoms with Crippen molar-refractivity contribution in [1.82, 2.24) is 10.3 Å². The van der Waals surface area contributed by atoms with Crippen LogP contribution in [0.4, 0.5) is 17.3 Å². The summed E-state index contributed by atoms with van der Waals surface area (Å²) >= 11 is 0. The molecule has 0 aliphatic carbocycles. The number of nitrogens with one attached hydrogen (secondary N) is 2. The Morgan fingerprint density at radius 3 is 2.79 bits per heavy atom. The molecule has 2 heterocycles. The van der Waals surface area contributed by atoms with Gasteiger partial charge in [0.05, 0.1) is 4.92 Å². The second-order valence-electron chi connectivity index (χ2n) is 5.27. The molecule has 7 heteroatoms. The average molecular weight is 265 g/mol. The van der Waals surface area contributed by atoms with Crippen molar-refractivity contribution in [2.75, 3.05) is 30.7 Å². The maximum absolute atomic E-state index is 10.6. The van der Waals surface area contributed by atoms with Crippen LogP contribution in [0.3, 0.4) is 0 Å². The third-order valence-corrected chi connectivity index (χ3v) is 3.61. The molecule has 1 aliphatic heterocycles. The van der Waals surface area contributed by atoms with Crippen molar-refractivity contribution in [1.29, 1.82) is 0 Å². The van der Waals surface area contributed by atoms with E-state index in [0.29, 0.717) is 5.82 Å². The number of hydrogen-bond donors (Lipinski definition) is 3. The zero-order valence-electron chi connectivity index (χ0n) is 11.0. The Kier molecular flexibility index (Phi) is 3.84. The average Bonchev–Trinajstić information content (AvgIpc) is 2.37. The maximum Gasteiger partial charge on any atom is 0.311 e. The lowest BCUT2D eigenvalue weighted by atomic mass is 9.81. The SMILES string of the molecule is CC1(CNc2ccc([N+](=O)[O-])c(N)n2)CCNCC1. The fourth-order valence-corrected chi connectivity index (χ4v) is 2.23. The van der Waals surface area contributed by atoms with Crippen molar-refractivity contribution >= 4 is 17.3 Å². The van der Waals surface area contributed by atoms with Crippen LogP contribution in [-0.4, -0.2) is 29.5 Å². The molecule has 4 N–H and O–H groups in total. The summed E-state index contributed by atoms with van der Waals surface area (Å²) in [6.07, 6.45) is 2.20. The normalized spacial score (nSPS) is 17.9. The summed E-state index contributed by atoms with van der Waals surface area (Å²) in [6.45, 7) is 5.07. The molecule has 0 aromatic carbocycles. The standard InChI is InChI=1S/C12H19N5O2/c1-12(4-6-14-7-5-12)8-15-10-3-2-9(17(18)19)11(13)16-10/h2-3,14H,4-8H2,1H3,(H3,13,15,16). The number of anilines is 2. The molecule has 0 saturated carbocycles. The Morgan fingerprint density at radius 1 is 1.53 bits per heavy atom. The van der Waals surface area contributed by atoms with Crippen molar-refractivity contribution in [3.05, 3.63) is 22.2 Å². The summed E-state index contributed by atoms with van der Waals surface area (Å²) in [5.41, 5.74) is 5.63. The smallest absolute Gasteiger partial charge is 0.311 e. The van der Waals surface area contributed by atoms with Gasteiger partial charge in [0.15, 0.2) is 0 Å². The first kappa shape index (κ1) is 13.5. The molecule has 7 nitrogen and oxygen atoms in total. The van der Waals surface area contributed by atoms with Crippen molar-refractivity contribution in [3.8, 4) is 0 Å². The molecule has 0 bridgehead atoms. The van der Waals surface area contributed by atoms with Crippen molar-refractivity contribution < 1.29 is 4.92 Å². The number of pyridine rings is 1.